The molecule has 46 heavy (non-hydrogen) atoms. The highest BCUT2D eigenvalue weighted by molar-refractivity contribution is 7.11. The molecular weight excluding hydrogens is 552 g/mol. The van der Waals surface area contributed by atoms with Crippen LogP contribution in [0.1, 0.15) is 59.5 Å². The number of fused-ring (bicyclic) bond motifs is 2. The van der Waals surface area contributed by atoms with E-state index in [-0.39, 0.29) is 33.3 Å². The van der Waals surface area contributed by atoms with Crippen LogP contribution >= 0.6 is 0 Å². The highest BCUT2D eigenvalue weighted by Crippen LogP contribution is 2.32. The number of aromatic nitrogens is 1. The molecule has 0 spiro atoms. The lowest BCUT2D eigenvalue weighted by molar-refractivity contribution is -0.660. The molecule has 3 heteroatoms. The van der Waals surface area contributed by atoms with Crippen molar-refractivity contribution in [3.8, 4) is 22.4 Å². The Morgan fingerprint density at radius 2 is 1.07 bits per heavy atom. The third-order valence-electron chi connectivity index (χ3n) is 9.39. The van der Waals surface area contributed by atoms with Gasteiger partial charge in [0.1, 0.15) is 7.05 Å². The molecular formula is C43H42B2N+. The van der Waals surface area contributed by atoms with Gasteiger partial charge in [-0.3, -0.25) is 0 Å². The molecule has 0 fully saturated rings. The molecule has 0 aliphatic carbocycles. The first-order valence-electron chi connectivity index (χ1n) is 22.8. The largest absolute Gasteiger partial charge is 0.240 e. The molecule has 0 saturated carbocycles. The first-order valence-corrected chi connectivity index (χ1v) is 15.3. The Labute approximate surface area is 297 Å². The Balaban J connectivity index is 1.50. The molecule has 0 amide bonds. The molecule has 224 valence electrons. The summed E-state index contributed by atoms with van der Waals surface area (Å²) in [6.07, 6.45) is 1.51. The lowest BCUT2D eigenvalue weighted by Crippen LogP contribution is -2.75. The minimum absolute atomic E-state index is 0.00664. The summed E-state index contributed by atoms with van der Waals surface area (Å²) < 4.78 is 129. The lowest BCUT2D eigenvalue weighted by atomic mass is 9.20. The van der Waals surface area contributed by atoms with Crippen molar-refractivity contribution in [2.75, 3.05) is 0 Å². The van der Waals surface area contributed by atoms with E-state index in [1.807, 2.05) is 36.4 Å². The van der Waals surface area contributed by atoms with Crippen LogP contribution in [0.15, 0.2) is 109 Å². The standard InChI is InChI=1S/C43H42B2N/c1-27-20-21-41(46(8)26-27)36-25-35(30(4)22-31(36)5)34-23-32(6)43(33(7)24-34)45-39-18-11-9-16-37(39)44(38-17-10-12-19-40(38)45)42-28(2)14-13-15-29(42)3/h9-26H,1-8H3/q+1/i1D3,2D3,3D3,4D3,6D3. The molecule has 5 aromatic carbocycles. The number of hydrogen-bond donors (Lipinski definition) is 0. The Morgan fingerprint density at radius 3 is 1.61 bits per heavy atom. The fraction of sp³-hybridized carbons (Fsp3) is 0.186. The van der Waals surface area contributed by atoms with Crippen LogP contribution in [0.4, 0.5) is 0 Å². The number of pyridine rings is 1. The quantitative estimate of drug-likeness (QED) is 0.187. The fourth-order valence-electron chi connectivity index (χ4n) is 7.35. The molecule has 7 rings (SSSR count). The molecule has 0 radical (unpaired) electrons. The fourth-order valence-corrected chi connectivity index (χ4v) is 7.35. The minimum Gasteiger partial charge on any atom is -0.201 e. The van der Waals surface area contributed by atoms with Gasteiger partial charge in [0.15, 0.2) is 6.20 Å². The Bertz CT molecular complexity index is 2610. The zero-order valence-electron chi connectivity index (χ0n) is 41.0. The van der Waals surface area contributed by atoms with Crippen LogP contribution in [0.5, 0.6) is 0 Å². The van der Waals surface area contributed by atoms with Crippen LogP contribution in [0, 0.1) is 48.1 Å². The summed E-state index contributed by atoms with van der Waals surface area (Å²) in [6.45, 7) is -10.9. The molecule has 0 N–H and O–H groups in total. The maximum atomic E-state index is 8.96. The molecule has 1 aliphatic heterocycles. The number of benzene rings is 5. The minimum atomic E-state index is -2.70. The van der Waals surface area contributed by atoms with Gasteiger partial charge in [-0.05, 0) is 82.5 Å². The van der Waals surface area contributed by atoms with Gasteiger partial charge >= 0.3 is 0 Å². The monoisotopic (exact) mass is 609 g/mol. The van der Waals surface area contributed by atoms with Crippen LogP contribution < -0.4 is 37.3 Å². The van der Waals surface area contributed by atoms with E-state index in [0.717, 1.165) is 0 Å². The maximum absolute atomic E-state index is 8.96. The maximum Gasteiger partial charge on any atom is 0.240 e. The summed E-state index contributed by atoms with van der Waals surface area (Å²) in [4.78, 5) is 0. The van der Waals surface area contributed by atoms with Crippen LogP contribution in [0.2, 0.25) is 0 Å². The Morgan fingerprint density at radius 1 is 0.500 bits per heavy atom. The Kier molecular flexibility index (Phi) is 4.38. The van der Waals surface area contributed by atoms with Gasteiger partial charge < -0.3 is 0 Å². The van der Waals surface area contributed by atoms with E-state index in [4.69, 9.17) is 20.6 Å². The summed E-state index contributed by atoms with van der Waals surface area (Å²) in [7, 11) is 1.71. The first kappa shape index (κ1) is 17.3. The summed E-state index contributed by atoms with van der Waals surface area (Å²) in [5, 5.41) is 0. The average molecular weight is 610 g/mol. The van der Waals surface area contributed by atoms with Crippen molar-refractivity contribution in [2.24, 2.45) is 7.05 Å². The van der Waals surface area contributed by atoms with Gasteiger partial charge in [0.25, 0.3) is 0 Å². The second kappa shape index (κ2) is 11.6. The third kappa shape index (κ3) is 4.94. The van der Waals surface area contributed by atoms with Crippen LogP contribution in [0.3, 0.4) is 0 Å². The molecule has 0 atom stereocenters. The van der Waals surface area contributed by atoms with Crippen LogP contribution in [0.25, 0.3) is 22.4 Å². The lowest BCUT2D eigenvalue weighted by Gasteiger charge is -2.34. The first-order chi connectivity index (χ1) is 28.2. The van der Waals surface area contributed by atoms with Gasteiger partial charge in [0.2, 0.25) is 19.1 Å². The summed E-state index contributed by atoms with van der Waals surface area (Å²) in [6, 6.07) is 28.8. The van der Waals surface area contributed by atoms with E-state index in [1.165, 1.54) is 36.5 Å². The van der Waals surface area contributed by atoms with Crippen molar-refractivity contribution in [1.29, 1.82) is 0 Å². The molecule has 0 unspecified atom stereocenters. The predicted octanol–water partition coefficient (Wildman–Crippen LogP) is 5.35. The normalized spacial score (nSPS) is 18.5. The van der Waals surface area contributed by atoms with E-state index < -0.39 is 47.7 Å². The second-order valence-electron chi connectivity index (χ2n) is 12.3. The van der Waals surface area contributed by atoms with Crippen LogP contribution in [-0.2, 0) is 7.05 Å². The van der Waals surface area contributed by atoms with E-state index in [9.17, 15) is 0 Å². The van der Waals surface area contributed by atoms with Crippen molar-refractivity contribution in [1.82, 2.24) is 0 Å². The number of aryl methyl sites for hydroxylation is 8. The van der Waals surface area contributed by atoms with Crippen molar-refractivity contribution < 1.29 is 25.1 Å². The van der Waals surface area contributed by atoms with E-state index in [1.54, 1.807) is 61.9 Å². The molecule has 1 aromatic heterocycles. The molecule has 0 bridgehead atoms. The van der Waals surface area contributed by atoms with Crippen molar-refractivity contribution in [3.05, 3.63) is 148 Å². The molecule has 1 aliphatic rings. The molecule has 0 saturated heterocycles. The summed E-state index contributed by atoms with van der Waals surface area (Å²) in [5.41, 5.74) is 6.37. The predicted molar refractivity (Wildman–Crippen MR) is 200 cm³/mol. The average Bonchev–Trinajstić information content (AvgIpc) is 3.15. The zero-order chi connectivity index (χ0) is 44.8. The summed E-state index contributed by atoms with van der Waals surface area (Å²) in [5.74, 6) is 0. The van der Waals surface area contributed by atoms with Gasteiger partial charge in [-0.15, -0.1) is 0 Å². The number of rotatable bonds is 4. The van der Waals surface area contributed by atoms with E-state index in [2.05, 4.69) is 0 Å². The van der Waals surface area contributed by atoms with Crippen molar-refractivity contribution in [2.45, 2.75) is 48.1 Å². The van der Waals surface area contributed by atoms with Gasteiger partial charge in [0, 0.05) is 37.8 Å². The SMILES string of the molecule is [2H]C([2H])([2H])c1ccc(-c2cc(-c3cc(C)c(B4c5ccccc5B(c5c(C([2H])([2H])[2H])cccc5C([2H])([2H])[2H])c5ccccc54)c(C([2H])([2H])[2H])c3)c(C([2H])([2H])[2H])cc2C)[n+](C)c1. The second-order valence-corrected chi connectivity index (χ2v) is 12.3. The smallest absolute Gasteiger partial charge is 0.201 e. The zero-order valence-corrected chi connectivity index (χ0v) is 26.0. The van der Waals surface area contributed by atoms with Crippen LogP contribution in [-0.4, -0.2) is 13.4 Å². The molecule has 6 aromatic rings. The van der Waals surface area contributed by atoms with Gasteiger partial charge in [-0.25, -0.2) is 4.57 Å². The highest BCUT2D eigenvalue weighted by atomic mass is 14.9. The van der Waals surface area contributed by atoms with E-state index in [0.29, 0.717) is 60.8 Å². The van der Waals surface area contributed by atoms with Gasteiger partial charge in [0.05, 0.1) is 0 Å². The molecule has 2 heterocycles. The summed E-state index contributed by atoms with van der Waals surface area (Å²) >= 11 is 0. The van der Waals surface area contributed by atoms with Gasteiger partial charge in [-0.2, -0.15) is 0 Å². The number of hydrogen-bond acceptors (Lipinski definition) is 0. The highest BCUT2D eigenvalue weighted by Gasteiger charge is 2.40. The van der Waals surface area contributed by atoms with Crippen molar-refractivity contribution in [3.63, 3.8) is 0 Å². The molecule has 1 nitrogen and oxygen atoms in total. The third-order valence-corrected chi connectivity index (χ3v) is 9.39. The van der Waals surface area contributed by atoms with Crippen molar-refractivity contribution >= 4 is 46.2 Å². The topological polar surface area (TPSA) is 3.88 Å². The Hall–Kier alpha value is -4.62. The van der Waals surface area contributed by atoms with Gasteiger partial charge in [-0.1, -0.05) is 140 Å². The number of nitrogens with zero attached hydrogens (tertiary/aromatic N) is 1. The van der Waals surface area contributed by atoms with E-state index >= 15 is 0 Å².